The molecular weight excluding hydrogens is 160 g/mol. The minimum Gasteiger partial charge on any atom is -0.262 e. The van der Waals surface area contributed by atoms with Crippen LogP contribution in [0.15, 0.2) is 42.2 Å². The molecule has 0 aliphatic rings. The normalized spacial score (nSPS) is 11.2. The molecule has 0 unspecified atom stereocenters. The van der Waals surface area contributed by atoms with Crippen molar-refractivity contribution in [3.8, 4) is 0 Å². The first kappa shape index (κ1) is 9.39. The average Bonchev–Trinajstić information content (AvgIpc) is 2.17. The molecule has 0 radical (unpaired) electrons. The summed E-state index contributed by atoms with van der Waals surface area (Å²) in [5.41, 5.74) is 1.93. The molecule has 0 bridgehead atoms. The lowest BCUT2D eigenvalue weighted by molar-refractivity contribution is 1.30. The van der Waals surface area contributed by atoms with Gasteiger partial charge in [-0.05, 0) is 13.0 Å². The quantitative estimate of drug-likeness (QED) is 0.508. The van der Waals surface area contributed by atoms with Crippen molar-refractivity contribution < 1.29 is 0 Å². The first-order valence-corrected chi connectivity index (χ1v) is 4.10. The van der Waals surface area contributed by atoms with E-state index in [-0.39, 0.29) is 0 Å². The molecule has 2 heteroatoms. The number of aliphatic imine (C=N–C) groups is 1. The van der Waals surface area contributed by atoms with Gasteiger partial charge in [0.1, 0.15) is 0 Å². The van der Waals surface area contributed by atoms with E-state index in [0.717, 1.165) is 11.3 Å². The molecule has 0 saturated carbocycles. The Morgan fingerprint density at radius 1 is 1.54 bits per heavy atom. The fourth-order valence-electron chi connectivity index (χ4n) is 0.956. The van der Waals surface area contributed by atoms with Gasteiger partial charge in [0.2, 0.25) is 0 Å². The van der Waals surface area contributed by atoms with Crippen LogP contribution < -0.4 is 0 Å². The summed E-state index contributed by atoms with van der Waals surface area (Å²) in [5.74, 6) is 0. The van der Waals surface area contributed by atoms with E-state index >= 15 is 0 Å². The molecule has 0 aliphatic heterocycles. The summed E-state index contributed by atoms with van der Waals surface area (Å²) in [4.78, 5) is 8.19. The van der Waals surface area contributed by atoms with Crippen molar-refractivity contribution in [3.05, 3.63) is 42.8 Å². The fraction of sp³-hybridized carbons (Fsp3) is 0.0909. The fourth-order valence-corrected chi connectivity index (χ4v) is 0.956. The van der Waals surface area contributed by atoms with Gasteiger partial charge in [-0.3, -0.25) is 9.98 Å². The largest absolute Gasteiger partial charge is 0.262 e. The first-order valence-electron chi connectivity index (χ1n) is 4.10. The highest BCUT2D eigenvalue weighted by atomic mass is 14.8. The minimum atomic E-state index is 0.878. The lowest BCUT2D eigenvalue weighted by atomic mass is 10.2. The third-order valence-corrected chi connectivity index (χ3v) is 1.51. The molecule has 0 atom stereocenters. The van der Waals surface area contributed by atoms with E-state index in [4.69, 9.17) is 0 Å². The lowest BCUT2D eigenvalue weighted by Gasteiger charge is -1.97. The van der Waals surface area contributed by atoms with Crippen LogP contribution in [0.2, 0.25) is 0 Å². The van der Waals surface area contributed by atoms with Gasteiger partial charge in [0.05, 0.1) is 11.9 Å². The summed E-state index contributed by atoms with van der Waals surface area (Å²) in [6.07, 6.45) is 10.8. The number of aromatic nitrogens is 1. The van der Waals surface area contributed by atoms with Gasteiger partial charge in [0.15, 0.2) is 0 Å². The van der Waals surface area contributed by atoms with Gasteiger partial charge in [0.25, 0.3) is 0 Å². The molecule has 1 aromatic rings. The maximum Gasteiger partial charge on any atom is 0.0880 e. The molecule has 0 aromatic carbocycles. The van der Waals surface area contributed by atoms with E-state index in [1.807, 2.05) is 25.1 Å². The number of hydrogen-bond acceptors (Lipinski definition) is 2. The van der Waals surface area contributed by atoms with Gasteiger partial charge < -0.3 is 0 Å². The van der Waals surface area contributed by atoms with Crippen molar-refractivity contribution in [2.75, 3.05) is 0 Å². The Hall–Kier alpha value is -1.70. The van der Waals surface area contributed by atoms with Crippen molar-refractivity contribution in [2.24, 2.45) is 4.99 Å². The predicted octanol–water partition coefficient (Wildman–Crippen LogP) is 3.00. The van der Waals surface area contributed by atoms with Crippen LogP contribution in [0.4, 0.5) is 5.69 Å². The Morgan fingerprint density at radius 2 is 2.38 bits per heavy atom. The van der Waals surface area contributed by atoms with Gasteiger partial charge in [-0.2, -0.15) is 0 Å². The van der Waals surface area contributed by atoms with Crippen molar-refractivity contribution in [2.45, 2.75) is 6.92 Å². The van der Waals surface area contributed by atoms with E-state index in [2.05, 4.69) is 16.6 Å². The molecule has 13 heavy (non-hydrogen) atoms. The molecule has 66 valence electrons. The topological polar surface area (TPSA) is 25.2 Å². The highest BCUT2D eigenvalue weighted by Gasteiger charge is 1.93. The molecule has 2 nitrogen and oxygen atoms in total. The average molecular weight is 172 g/mol. The van der Waals surface area contributed by atoms with E-state index in [0.29, 0.717) is 0 Å². The number of rotatable bonds is 3. The Balaban J connectivity index is 3.03. The highest BCUT2D eigenvalue weighted by Crippen LogP contribution is 2.17. The van der Waals surface area contributed by atoms with Crippen LogP contribution in [-0.2, 0) is 0 Å². The van der Waals surface area contributed by atoms with Crippen molar-refractivity contribution >= 4 is 18.0 Å². The Labute approximate surface area is 78.4 Å². The van der Waals surface area contributed by atoms with E-state index in [1.54, 1.807) is 24.7 Å². The molecular formula is C11H12N2. The molecule has 0 aliphatic carbocycles. The van der Waals surface area contributed by atoms with Crippen LogP contribution in [0.1, 0.15) is 12.5 Å². The zero-order valence-electron chi connectivity index (χ0n) is 7.64. The molecule has 1 rings (SSSR count). The van der Waals surface area contributed by atoms with Crippen molar-refractivity contribution in [3.63, 3.8) is 0 Å². The van der Waals surface area contributed by atoms with Crippen molar-refractivity contribution in [1.82, 2.24) is 4.98 Å². The Bertz CT molecular complexity index is 338. The third-order valence-electron chi connectivity index (χ3n) is 1.51. The summed E-state index contributed by atoms with van der Waals surface area (Å²) in [6, 6.07) is 1.92. The van der Waals surface area contributed by atoms with Crippen LogP contribution in [0, 0.1) is 0 Å². The first-order chi connectivity index (χ1) is 6.38. The van der Waals surface area contributed by atoms with Crippen LogP contribution in [0.5, 0.6) is 0 Å². The van der Waals surface area contributed by atoms with Gasteiger partial charge >= 0.3 is 0 Å². The zero-order chi connectivity index (χ0) is 9.52. The summed E-state index contributed by atoms with van der Waals surface area (Å²) in [7, 11) is 0. The predicted molar refractivity (Wildman–Crippen MR) is 57.3 cm³/mol. The van der Waals surface area contributed by atoms with Crippen LogP contribution in [0.25, 0.3) is 6.08 Å². The summed E-state index contributed by atoms with van der Waals surface area (Å²) < 4.78 is 0. The van der Waals surface area contributed by atoms with E-state index in [9.17, 15) is 0 Å². The van der Waals surface area contributed by atoms with Gasteiger partial charge in [0, 0.05) is 18.0 Å². The van der Waals surface area contributed by atoms with E-state index in [1.165, 1.54) is 0 Å². The number of pyridine rings is 1. The molecule has 0 spiro atoms. The summed E-state index contributed by atoms with van der Waals surface area (Å²) in [6.45, 7) is 5.49. The smallest absolute Gasteiger partial charge is 0.0880 e. The second-order valence-corrected chi connectivity index (χ2v) is 2.42. The van der Waals surface area contributed by atoms with Crippen LogP contribution in [0.3, 0.4) is 0 Å². The minimum absolute atomic E-state index is 0.878. The molecule has 1 aromatic heterocycles. The molecule has 0 N–H and O–H groups in total. The molecule has 1 heterocycles. The lowest BCUT2D eigenvalue weighted by Crippen LogP contribution is -1.76. The molecule has 0 saturated heterocycles. The summed E-state index contributed by atoms with van der Waals surface area (Å²) in [5, 5.41) is 0. The van der Waals surface area contributed by atoms with Gasteiger partial charge in [-0.15, -0.1) is 0 Å². The second kappa shape index (κ2) is 5.04. The zero-order valence-corrected chi connectivity index (χ0v) is 7.64. The standard InChI is InChI=1S/C11H12N2/c1-3-5-6-10-7-8-12-9-11(10)13-4-2/h3-9H,1H2,2H3/b6-5-,13-4+. The monoisotopic (exact) mass is 172 g/mol. The van der Waals surface area contributed by atoms with Crippen LogP contribution >= 0.6 is 0 Å². The third kappa shape index (κ3) is 2.67. The van der Waals surface area contributed by atoms with Crippen LogP contribution in [-0.4, -0.2) is 11.2 Å². The maximum atomic E-state index is 4.19. The van der Waals surface area contributed by atoms with Crippen molar-refractivity contribution in [1.29, 1.82) is 0 Å². The Morgan fingerprint density at radius 3 is 3.08 bits per heavy atom. The molecule has 0 fully saturated rings. The van der Waals surface area contributed by atoms with Gasteiger partial charge in [-0.1, -0.05) is 24.8 Å². The number of hydrogen-bond donors (Lipinski definition) is 0. The van der Waals surface area contributed by atoms with E-state index < -0.39 is 0 Å². The maximum absolute atomic E-state index is 4.19. The summed E-state index contributed by atoms with van der Waals surface area (Å²) >= 11 is 0. The number of nitrogens with zero attached hydrogens (tertiary/aromatic N) is 2. The SMILES string of the molecule is C=C/C=C\c1ccncc1/N=C/C. The second-order valence-electron chi connectivity index (χ2n) is 2.42. The van der Waals surface area contributed by atoms with Gasteiger partial charge in [-0.25, -0.2) is 0 Å². The Kier molecular flexibility index (Phi) is 3.64. The highest BCUT2D eigenvalue weighted by molar-refractivity contribution is 5.69. The number of allylic oxidation sites excluding steroid dienone is 2. The molecule has 0 amide bonds.